The summed E-state index contributed by atoms with van der Waals surface area (Å²) in [4.78, 5) is 8.18. The van der Waals surface area contributed by atoms with Crippen LogP contribution in [0.5, 0.6) is 0 Å². The predicted molar refractivity (Wildman–Crippen MR) is 96.2 cm³/mol. The number of piperazine rings is 1. The Balaban J connectivity index is 1.83. The van der Waals surface area contributed by atoms with E-state index in [0.717, 1.165) is 30.7 Å². The molecule has 22 heavy (non-hydrogen) atoms. The van der Waals surface area contributed by atoms with Gasteiger partial charge in [0.05, 0.1) is 0 Å². The van der Waals surface area contributed by atoms with Crippen molar-refractivity contribution in [3.63, 3.8) is 0 Å². The van der Waals surface area contributed by atoms with Gasteiger partial charge in [-0.1, -0.05) is 28.1 Å². The summed E-state index contributed by atoms with van der Waals surface area (Å²) >= 11 is 5.38. The number of hydrogen-bond acceptors (Lipinski definition) is 4. The Morgan fingerprint density at radius 3 is 3.09 bits per heavy atom. The molecule has 3 nitrogen and oxygen atoms in total. The molecule has 1 atom stereocenters. The number of nitrogens with zero attached hydrogens (tertiary/aromatic N) is 2. The first kappa shape index (κ1) is 16.0. The van der Waals surface area contributed by atoms with E-state index < -0.39 is 0 Å². The fourth-order valence-corrected chi connectivity index (χ4v) is 4.06. The van der Waals surface area contributed by atoms with Crippen molar-refractivity contribution in [2.45, 2.75) is 17.5 Å². The molecule has 1 unspecified atom stereocenters. The van der Waals surface area contributed by atoms with Gasteiger partial charge in [0.1, 0.15) is 0 Å². The van der Waals surface area contributed by atoms with Gasteiger partial charge in [-0.15, -0.1) is 11.8 Å². The smallest absolute Gasteiger partial charge is 0.0492 e. The third-order valence-corrected chi connectivity index (χ3v) is 5.36. The van der Waals surface area contributed by atoms with E-state index in [1.165, 1.54) is 16.0 Å². The van der Waals surface area contributed by atoms with Crippen LogP contribution < -0.4 is 5.32 Å². The molecule has 0 radical (unpaired) electrons. The monoisotopic (exact) mass is 377 g/mol. The molecule has 1 aliphatic heterocycles. The molecule has 3 rings (SSSR count). The number of rotatable bonds is 4. The molecule has 1 aliphatic rings. The van der Waals surface area contributed by atoms with Crippen molar-refractivity contribution < 1.29 is 0 Å². The molecule has 0 spiro atoms. The lowest BCUT2D eigenvalue weighted by Crippen LogP contribution is -2.45. The summed E-state index contributed by atoms with van der Waals surface area (Å²) < 4.78 is 1.14. The normalized spacial score (nSPS) is 19.3. The lowest BCUT2D eigenvalue weighted by Gasteiger charge is -2.36. The van der Waals surface area contributed by atoms with Gasteiger partial charge in [-0.25, -0.2) is 0 Å². The van der Waals surface area contributed by atoms with Crippen molar-refractivity contribution in [1.29, 1.82) is 0 Å². The molecule has 116 valence electrons. The molecule has 0 saturated carbocycles. The summed E-state index contributed by atoms with van der Waals surface area (Å²) in [5.41, 5.74) is 2.68. The molecule has 1 saturated heterocycles. The molecule has 1 N–H and O–H groups in total. The number of pyridine rings is 1. The second-order valence-electron chi connectivity index (χ2n) is 5.43. The van der Waals surface area contributed by atoms with Crippen LogP contribution in [0.4, 0.5) is 0 Å². The summed E-state index contributed by atoms with van der Waals surface area (Å²) in [5, 5.41) is 3.50. The van der Waals surface area contributed by atoms with Crippen LogP contribution in [0.3, 0.4) is 0 Å². The van der Waals surface area contributed by atoms with Gasteiger partial charge >= 0.3 is 0 Å². The van der Waals surface area contributed by atoms with Gasteiger partial charge in [-0.3, -0.25) is 9.88 Å². The number of halogens is 1. The third-order valence-electron chi connectivity index (χ3n) is 4.05. The Morgan fingerprint density at radius 1 is 1.41 bits per heavy atom. The molecular formula is C17H20BrN3S. The van der Waals surface area contributed by atoms with Gasteiger partial charge in [0.25, 0.3) is 0 Å². The van der Waals surface area contributed by atoms with Crippen molar-refractivity contribution in [2.24, 2.45) is 0 Å². The quantitative estimate of drug-likeness (QED) is 0.821. The van der Waals surface area contributed by atoms with Crippen LogP contribution in [0.25, 0.3) is 0 Å². The highest BCUT2D eigenvalue weighted by Crippen LogP contribution is 2.29. The van der Waals surface area contributed by atoms with Crippen molar-refractivity contribution in [2.75, 3.05) is 25.9 Å². The Morgan fingerprint density at radius 2 is 2.32 bits per heavy atom. The van der Waals surface area contributed by atoms with Crippen molar-refractivity contribution in [3.8, 4) is 0 Å². The van der Waals surface area contributed by atoms with Gasteiger partial charge < -0.3 is 5.32 Å². The van der Waals surface area contributed by atoms with Crippen molar-refractivity contribution >= 4 is 27.7 Å². The number of thioether (sulfide) groups is 1. The summed E-state index contributed by atoms with van der Waals surface area (Å²) in [6.07, 6.45) is 5.97. The van der Waals surface area contributed by atoms with Crippen LogP contribution in [0.1, 0.15) is 17.2 Å². The van der Waals surface area contributed by atoms with Crippen LogP contribution in [-0.2, 0) is 6.54 Å². The maximum absolute atomic E-state index is 4.28. The topological polar surface area (TPSA) is 28.2 Å². The van der Waals surface area contributed by atoms with Gasteiger partial charge in [0, 0.05) is 54.0 Å². The van der Waals surface area contributed by atoms with Gasteiger partial charge in [0.2, 0.25) is 0 Å². The van der Waals surface area contributed by atoms with E-state index in [1.807, 2.05) is 30.2 Å². The lowest BCUT2D eigenvalue weighted by molar-refractivity contribution is 0.152. The van der Waals surface area contributed by atoms with E-state index >= 15 is 0 Å². The molecule has 1 fully saturated rings. The first-order valence-corrected chi connectivity index (χ1v) is 9.47. The number of hydrogen-bond donors (Lipinski definition) is 1. The second kappa shape index (κ2) is 7.59. The van der Waals surface area contributed by atoms with Crippen LogP contribution in [0, 0.1) is 0 Å². The number of nitrogens with one attached hydrogen (secondary N) is 1. The molecule has 5 heteroatoms. The minimum Gasteiger partial charge on any atom is -0.314 e. The zero-order valence-electron chi connectivity index (χ0n) is 12.6. The standard InChI is InChI=1S/C17H20BrN3S/c1-22-17-9-15(18)5-4-14(17)12-21-8-7-20-11-16(21)13-3-2-6-19-10-13/h2-6,9-10,16,20H,7-8,11-12H2,1H3. The van der Waals surface area contributed by atoms with Gasteiger partial charge in [-0.2, -0.15) is 0 Å². The van der Waals surface area contributed by atoms with E-state index in [1.54, 1.807) is 0 Å². The van der Waals surface area contributed by atoms with Crippen LogP contribution in [-0.4, -0.2) is 35.8 Å². The molecule has 1 aromatic carbocycles. The Kier molecular flexibility index (Phi) is 5.52. The van der Waals surface area contributed by atoms with Gasteiger partial charge in [0.15, 0.2) is 0 Å². The SMILES string of the molecule is CSc1cc(Br)ccc1CN1CCNCC1c1cccnc1. The van der Waals surface area contributed by atoms with E-state index in [9.17, 15) is 0 Å². The van der Waals surface area contributed by atoms with E-state index in [2.05, 4.69) is 61.7 Å². The second-order valence-corrected chi connectivity index (χ2v) is 7.20. The number of benzene rings is 1. The summed E-state index contributed by atoms with van der Waals surface area (Å²) in [5.74, 6) is 0. The highest BCUT2D eigenvalue weighted by molar-refractivity contribution is 9.10. The van der Waals surface area contributed by atoms with Crippen LogP contribution in [0.15, 0.2) is 52.1 Å². The summed E-state index contributed by atoms with van der Waals surface area (Å²) in [6.45, 7) is 4.06. The van der Waals surface area contributed by atoms with Crippen LogP contribution >= 0.6 is 27.7 Å². The maximum Gasteiger partial charge on any atom is 0.0492 e. The zero-order valence-corrected chi connectivity index (χ0v) is 15.0. The number of aromatic nitrogens is 1. The summed E-state index contributed by atoms with van der Waals surface area (Å²) in [7, 11) is 0. The first-order chi connectivity index (χ1) is 10.8. The van der Waals surface area contributed by atoms with Gasteiger partial charge in [-0.05, 0) is 35.6 Å². The minimum absolute atomic E-state index is 0.390. The molecule has 0 bridgehead atoms. The molecule has 2 aromatic rings. The highest BCUT2D eigenvalue weighted by atomic mass is 79.9. The molecular weight excluding hydrogens is 358 g/mol. The van der Waals surface area contributed by atoms with Crippen LogP contribution in [0.2, 0.25) is 0 Å². The van der Waals surface area contributed by atoms with E-state index in [0.29, 0.717) is 6.04 Å². The predicted octanol–water partition coefficient (Wildman–Crippen LogP) is 3.71. The van der Waals surface area contributed by atoms with Crippen molar-refractivity contribution in [1.82, 2.24) is 15.2 Å². The average Bonchev–Trinajstić information content (AvgIpc) is 2.57. The fraction of sp³-hybridized carbons (Fsp3) is 0.353. The molecule has 0 amide bonds. The molecule has 2 heterocycles. The first-order valence-electron chi connectivity index (χ1n) is 7.45. The summed E-state index contributed by atoms with van der Waals surface area (Å²) in [6, 6.07) is 11.2. The van der Waals surface area contributed by atoms with Crippen molar-refractivity contribution in [3.05, 3.63) is 58.3 Å². The molecule has 1 aromatic heterocycles. The third kappa shape index (κ3) is 3.71. The largest absolute Gasteiger partial charge is 0.314 e. The Labute approximate surface area is 144 Å². The average molecular weight is 378 g/mol. The Bertz CT molecular complexity index is 621. The Hall–Kier alpha value is -0.880. The minimum atomic E-state index is 0.390. The van der Waals surface area contributed by atoms with E-state index in [-0.39, 0.29) is 0 Å². The van der Waals surface area contributed by atoms with E-state index in [4.69, 9.17) is 0 Å². The maximum atomic E-state index is 4.28. The zero-order chi connectivity index (χ0) is 15.4. The fourth-order valence-electron chi connectivity index (χ4n) is 2.91. The highest BCUT2D eigenvalue weighted by Gasteiger charge is 2.24. The molecule has 0 aliphatic carbocycles. The lowest BCUT2D eigenvalue weighted by atomic mass is 10.0.